The van der Waals surface area contributed by atoms with Crippen molar-refractivity contribution in [3.05, 3.63) is 28.8 Å². The van der Waals surface area contributed by atoms with Gasteiger partial charge in [0.25, 0.3) is 0 Å². The Labute approximate surface area is 127 Å². The topological polar surface area (TPSA) is 21.3 Å². The third kappa shape index (κ3) is 3.64. The fourth-order valence-corrected chi connectivity index (χ4v) is 3.02. The Hall–Kier alpha value is -0.940. The number of hydrogen-bond donors (Lipinski definition) is 1. The van der Waals surface area contributed by atoms with Gasteiger partial charge in [-0.2, -0.15) is 13.2 Å². The highest BCUT2D eigenvalue weighted by atomic mass is 35.5. The number of benzene rings is 1. The second-order valence-corrected chi connectivity index (χ2v) is 6.97. The first kappa shape index (κ1) is 16.4. The summed E-state index contributed by atoms with van der Waals surface area (Å²) in [5, 5.41) is 3.27. The molecule has 1 N–H and O–H groups in total. The summed E-state index contributed by atoms with van der Waals surface area (Å²) < 4.78 is 43.8. The Balaban J connectivity index is 2.21. The Morgan fingerprint density at radius 2 is 1.86 bits per heavy atom. The molecule has 0 bridgehead atoms. The minimum Gasteiger partial charge on any atom is -0.378 e. The van der Waals surface area contributed by atoms with Crippen molar-refractivity contribution in [1.82, 2.24) is 0 Å². The van der Waals surface area contributed by atoms with Crippen LogP contribution in [0.4, 0.5) is 18.9 Å². The minimum atomic E-state index is -4.39. The molecule has 0 saturated carbocycles. The molecule has 2 rings (SSSR count). The van der Waals surface area contributed by atoms with E-state index < -0.39 is 17.3 Å². The number of nitrogens with one attached hydrogen (secondary N) is 1. The molecule has 1 aliphatic rings. The van der Waals surface area contributed by atoms with Crippen LogP contribution in [0.3, 0.4) is 0 Å². The van der Waals surface area contributed by atoms with Crippen LogP contribution in [-0.2, 0) is 10.9 Å². The van der Waals surface area contributed by atoms with Crippen LogP contribution < -0.4 is 5.32 Å². The normalized spacial score (nSPS) is 24.1. The Morgan fingerprint density at radius 1 is 1.24 bits per heavy atom. The molecule has 6 heteroatoms. The fraction of sp³-hybridized carbons (Fsp3) is 0.600. The van der Waals surface area contributed by atoms with Gasteiger partial charge in [-0.25, -0.2) is 0 Å². The van der Waals surface area contributed by atoms with E-state index in [4.69, 9.17) is 16.3 Å². The number of ether oxygens (including phenoxy) is 1. The number of hydrogen-bond acceptors (Lipinski definition) is 2. The number of rotatable bonds is 2. The van der Waals surface area contributed by atoms with Gasteiger partial charge in [0.2, 0.25) is 0 Å². The molecule has 1 saturated heterocycles. The molecule has 1 aliphatic heterocycles. The predicted molar refractivity (Wildman–Crippen MR) is 77.7 cm³/mol. The van der Waals surface area contributed by atoms with Crippen molar-refractivity contribution in [2.24, 2.45) is 0 Å². The fourth-order valence-electron chi connectivity index (χ4n) is 2.78. The maximum absolute atomic E-state index is 12.6. The molecule has 118 valence electrons. The summed E-state index contributed by atoms with van der Waals surface area (Å²) in [6, 6.07) is 3.31. The molecule has 1 atom stereocenters. The highest BCUT2D eigenvalue weighted by Crippen LogP contribution is 2.40. The van der Waals surface area contributed by atoms with Crippen molar-refractivity contribution < 1.29 is 17.9 Å². The average molecular weight is 322 g/mol. The van der Waals surface area contributed by atoms with Crippen LogP contribution in [-0.4, -0.2) is 17.2 Å². The van der Waals surface area contributed by atoms with Crippen molar-refractivity contribution in [2.75, 3.05) is 5.32 Å². The summed E-state index contributed by atoms with van der Waals surface area (Å²) in [4.78, 5) is 0. The molecule has 21 heavy (non-hydrogen) atoms. The number of halogens is 4. The molecule has 1 unspecified atom stereocenters. The van der Waals surface area contributed by atoms with Crippen LogP contribution in [0.2, 0.25) is 5.02 Å². The van der Waals surface area contributed by atoms with E-state index in [2.05, 4.69) is 5.32 Å². The summed E-state index contributed by atoms with van der Waals surface area (Å²) in [6.07, 6.45) is -3.64. The molecular weight excluding hydrogens is 303 g/mol. The second kappa shape index (κ2) is 5.06. The molecule has 1 aromatic carbocycles. The first-order chi connectivity index (χ1) is 9.41. The number of alkyl halides is 3. The highest BCUT2D eigenvalue weighted by Gasteiger charge is 2.46. The van der Waals surface area contributed by atoms with Crippen molar-refractivity contribution in [2.45, 2.75) is 57.5 Å². The van der Waals surface area contributed by atoms with Crippen LogP contribution in [0.25, 0.3) is 0 Å². The molecule has 0 radical (unpaired) electrons. The molecule has 1 fully saturated rings. The van der Waals surface area contributed by atoms with E-state index in [-0.39, 0.29) is 16.7 Å². The lowest BCUT2D eigenvalue weighted by atomic mass is 9.94. The van der Waals surface area contributed by atoms with E-state index in [0.717, 1.165) is 18.6 Å². The summed E-state index contributed by atoms with van der Waals surface area (Å²) in [5.74, 6) is 0. The SMILES string of the molecule is CC1(C)CC(Nc2ccc(C(F)(F)F)cc2Cl)C(C)(C)O1. The lowest BCUT2D eigenvalue weighted by Crippen LogP contribution is -2.38. The van der Waals surface area contributed by atoms with E-state index in [0.29, 0.717) is 5.69 Å². The third-order valence-electron chi connectivity index (χ3n) is 3.70. The maximum Gasteiger partial charge on any atom is 0.416 e. The third-order valence-corrected chi connectivity index (χ3v) is 4.01. The van der Waals surface area contributed by atoms with Gasteiger partial charge in [-0.3, -0.25) is 0 Å². The van der Waals surface area contributed by atoms with Crippen LogP contribution in [0.15, 0.2) is 18.2 Å². The van der Waals surface area contributed by atoms with Gasteiger partial charge >= 0.3 is 6.18 Å². The van der Waals surface area contributed by atoms with E-state index in [1.54, 1.807) is 0 Å². The average Bonchev–Trinajstić information content (AvgIpc) is 2.48. The second-order valence-electron chi connectivity index (χ2n) is 6.56. The zero-order valence-corrected chi connectivity index (χ0v) is 13.2. The van der Waals surface area contributed by atoms with Crippen LogP contribution in [0, 0.1) is 0 Å². The van der Waals surface area contributed by atoms with Gasteiger partial charge in [0, 0.05) is 0 Å². The lowest BCUT2D eigenvalue weighted by molar-refractivity contribution is -0.137. The summed E-state index contributed by atoms with van der Waals surface area (Å²) >= 11 is 5.97. The van der Waals surface area contributed by atoms with Gasteiger partial charge in [-0.15, -0.1) is 0 Å². The monoisotopic (exact) mass is 321 g/mol. The van der Waals surface area contributed by atoms with Gasteiger partial charge < -0.3 is 10.1 Å². The first-order valence-electron chi connectivity index (χ1n) is 6.74. The predicted octanol–water partition coefficient (Wildman–Crippen LogP) is 5.12. The van der Waals surface area contributed by atoms with Crippen LogP contribution in [0.5, 0.6) is 0 Å². The summed E-state index contributed by atoms with van der Waals surface area (Å²) in [5.41, 5.74) is -0.959. The van der Waals surface area contributed by atoms with E-state index >= 15 is 0 Å². The molecule has 2 nitrogen and oxygen atoms in total. The minimum absolute atomic E-state index is 0.0262. The zero-order valence-electron chi connectivity index (χ0n) is 12.4. The number of anilines is 1. The largest absolute Gasteiger partial charge is 0.416 e. The van der Waals surface area contributed by atoms with Crippen molar-refractivity contribution in [3.8, 4) is 0 Å². The van der Waals surface area contributed by atoms with Gasteiger partial charge in [-0.05, 0) is 52.3 Å². The Bertz CT molecular complexity index is 540. The van der Waals surface area contributed by atoms with Crippen molar-refractivity contribution in [1.29, 1.82) is 0 Å². The zero-order chi connectivity index (χ0) is 16.1. The molecule has 1 heterocycles. The van der Waals surface area contributed by atoms with Gasteiger partial charge in [0.05, 0.1) is 33.5 Å². The molecule has 0 spiro atoms. The summed E-state index contributed by atoms with van der Waals surface area (Å²) in [6.45, 7) is 7.89. The van der Waals surface area contributed by atoms with Gasteiger partial charge in [-0.1, -0.05) is 11.6 Å². The Kier molecular flexibility index (Phi) is 3.96. The lowest BCUT2D eigenvalue weighted by Gasteiger charge is -2.28. The van der Waals surface area contributed by atoms with Crippen LogP contribution >= 0.6 is 11.6 Å². The van der Waals surface area contributed by atoms with Gasteiger partial charge in [0.1, 0.15) is 0 Å². The molecule has 0 amide bonds. The molecule has 0 aliphatic carbocycles. The molecule has 1 aromatic rings. The molecule has 0 aromatic heterocycles. The Morgan fingerprint density at radius 3 is 2.29 bits per heavy atom. The molecular formula is C15H19ClF3NO. The van der Waals surface area contributed by atoms with E-state index in [1.807, 2.05) is 27.7 Å². The quantitative estimate of drug-likeness (QED) is 0.816. The smallest absolute Gasteiger partial charge is 0.378 e. The maximum atomic E-state index is 12.6. The van der Waals surface area contributed by atoms with E-state index in [9.17, 15) is 13.2 Å². The van der Waals surface area contributed by atoms with Gasteiger partial charge in [0.15, 0.2) is 0 Å². The van der Waals surface area contributed by atoms with Crippen molar-refractivity contribution >= 4 is 17.3 Å². The van der Waals surface area contributed by atoms with E-state index in [1.165, 1.54) is 6.07 Å². The highest BCUT2D eigenvalue weighted by molar-refractivity contribution is 6.33. The standard InChI is InChI=1S/C15H19ClF3NO/c1-13(2)8-12(14(3,4)21-13)20-11-6-5-9(7-10(11)16)15(17,18)19/h5-7,12,20H,8H2,1-4H3. The van der Waals surface area contributed by atoms with Crippen molar-refractivity contribution in [3.63, 3.8) is 0 Å². The van der Waals surface area contributed by atoms with Crippen LogP contribution in [0.1, 0.15) is 39.7 Å². The summed E-state index contributed by atoms with van der Waals surface area (Å²) in [7, 11) is 0. The first-order valence-corrected chi connectivity index (χ1v) is 7.12.